The fourth-order valence-electron chi connectivity index (χ4n) is 0.689. The van der Waals surface area contributed by atoms with Gasteiger partial charge in [-0.2, -0.15) is 0 Å². The highest BCUT2D eigenvalue weighted by Crippen LogP contribution is 2.24. The number of benzene rings is 1. The van der Waals surface area contributed by atoms with E-state index in [1.165, 1.54) is 0 Å². The Kier molecular flexibility index (Phi) is 3.23. The minimum absolute atomic E-state index is 0.769. The summed E-state index contributed by atoms with van der Waals surface area (Å²) in [6.45, 7) is 0. The minimum atomic E-state index is 0.769. The summed E-state index contributed by atoms with van der Waals surface area (Å²) in [6, 6.07) is 5.83. The molecule has 3 N–H and O–H groups in total. The van der Waals surface area contributed by atoms with Crippen LogP contribution < -0.4 is 10.5 Å². The Balaban J connectivity index is 2.86. The van der Waals surface area contributed by atoms with E-state index in [1.807, 2.05) is 25.2 Å². The lowest BCUT2D eigenvalue weighted by molar-refractivity contribution is 1.27. The van der Waals surface area contributed by atoms with E-state index in [1.54, 1.807) is 11.9 Å². The highest BCUT2D eigenvalue weighted by atomic mass is 79.9. The van der Waals surface area contributed by atoms with Crippen molar-refractivity contribution < 1.29 is 0 Å². The Labute approximate surface area is 78.8 Å². The first-order valence-electron chi connectivity index (χ1n) is 3.12. The van der Waals surface area contributed by atoms with Gasteiger partial charge in [-0.3, -0.25) is 4.72 Å². The van der Waals surface area contributed by atoms with Gasteiger partial charge in [0, 0.05) is 15.1 Å². The molecule has 0 aliphatic rings. The van der Waals surface area contributed by atoms with Gasteiger partial charge in [-0.25, -0.2) is 0 Å². The standard InChI is InChI=1S/C7H9BrN2S/c1-10-11-5-2-3-7(9)6(8)4-5/h2-4,10H,9H2,1H3. The zero-order valence-electron chi connectivity index (χ0n) is 6.10. The van der Waals surface area contributed by atoms with Gasteiger partial charge in [0.15, 0.2) is 0 Å². The number of hydrogen-bond acceptors (Lipinski definition) is 3. The number of nitrogens with two attached hydrogens (primary N) is 1. The van der Waals surface area contributed by atoms with Gasteiger partial charge < -0.3 is 5.73 Å². The van der Waals surface area contributed by atoms with Gasteiger partial charge in [0.2, 0.25) is 0 Å². The third kappa shape index (κ3) is 2.39. The molecule has 0 saturated carbocycles. The van der Waals surface area contributed by atoms with E-state index < -0.39 is 0 Å². The molecule has 11 heavy (non-hydrogen) atoms. The van der Waals surface area contributed by atoms with Gasteiger partial charge in [0.1, 0.15) is 0 Å². The molecule has 1 aromatic rings. The maximum atomic E-state index is 5.61. The van der Waals surface area contributed by atoms with Gasteiger partial charge in [-0.1, -0.05) is 0 Å². The number of nitrogen functional groups attached to an aromatic ring is 1. The van der Waals surface area contributed by atoms with Crippen LogP contribution in [0.5, 0.6) is 0 Å². The zero-order valence-corrected chi connectivity index (χ0v) is 8.50. The Morgan fingerprint density at radius 1 is 1.55 bits per heavy atom. The van der Waals surface area contributed by atoms with Crippen molar-refractivity contribution in [3.63, 3.8) is 0 Å². The van der Waals surface area contributed by atoms with E-state index in [4.69, 9.17) is 5.73 Å². The highest BCUT2D eigenvalue weighted by Gasteiger charge is 1.96. The van der Waals surface area contributed by atoms with E-state index in [2.05, 4.69) is 20.7 Å². The zero-order chi connectivity index (χ0) is 8.27. The van der Waals surface area contributed by atoms with Crippen LogP contribution >= 0.6 is 27.9 Å². The Morgan fingerprint density at radius 3 is 2.82 bits per heavy atom. The molecule has 0 atom stereocenters. The van der Waals surface area contributed by atoms with Gasteiger partial charge in [-0.15, -0.1) is 0 Å². The molecular weight excluding hydrogens is 224 g/mol. The molecule has 1 rings (SSSR count). The molecule has 0 heterocycles. The molecule has 4 heteroatoms. The number of nitrogens with one attached hydrogen (secondary N) is 1. The smallest absolute Gasteiger partial charge is 0.0459 e. The lowest BCUT2D eigenvalue weighted by Gasteiger charge is -2.01. The van der Waals surface area contributed by atoms with Crippen molar-refractivity contribution in [2.45, 2.75) is 4.90 Å². The molecule has 0 bridgehead atoms. The van der Waals surface area contributed by atoms with E-state index in [0.29, 0.717) is 0 Å². The molecule has 1 aromatic carbocycles. The maximum absolute atomic E-state index is 5.61. The van der Waals surface area contributed by atoms with Crippen molar-refractivity contribution in [1.29, 1.82) is 0 Å². The fourth-order valence-corrected chi connectivity index (χ4v) is 1.77. The summed E-state index contributed by atoms with van der Waals surface area (Å²) in [5, 5.41) is 0. The molecule has 0 spiro atoms. The van der Waals surface area contributed by atoms with Crippen LogP contribution in [0.25, 0.3) is 0 Å². The second-order valence-corrected chi connectivity index (χ2v) is 3.93. The topological polar surface area (TPSA) is 38.0 Å². The van der Waals surface area contributed by atoms with Crippen molar-refractivity contribution >= 4 is 33.6 Å². The van der Waals surface area contributed by atoms with Crippen molar-refractivity contribution in [2.24, 2.45) is 0 Å². The first-order valence-corrected chi connectivity index (χ1v) is 4.73. The fraction of sp³-hybridized carbons (Fsp3) is 0.143. The van der Waals surface area contributed by atoms with Crippen molar-refractivity contribution in [2.75, 3.05) is 12.8 Å². The second kappa shape index (κ2) is 3.99. The van der Waals surface area contributed by atoms with E-state index in [-0.39, 0.29) is 0 Å². The number of rotatable bonds is 2. The average molecular weight is 233 g/mol. The summed E-state index contributed by atoms with van der Waals surface area (Å²) in [5.41, 5.74) is 6.38. The van der Waals surface area contributed by atoms with Crippen LogP contribution in [0.2, 0.25) is 0 Å². The third-order valence-corrected chi connectivity index (χ3v) is 2.57. The predicted octanol–water partition coefficient (Wildman–Crippen LogP) is 2.26. The quantitative estimate of drug-likeness (QED) is 0.607. The SMILES string of the molecule is CNSc1ccc(N)c(Br)c1. The maximum Gasteiger partial charge on any atom is 0.0459 e. The predicted molar refractivity (Wildman–Crippen MR) is 53.5 cm³/mol. The van der Waals surface area contributed by atoms with Gasteiger partial charge in [0.05, 0.1) is 0 Å². The Hall–Kier alpha value is -0.190. The summed E-state index contributed by atoms with van der Waals surface area (Å²) in [7, 11) is 1.88. The average Bonchev–Trinajstić information content (AvgIpc) is 1.98. The summed E-state index contributed by atoms with van der Waals surface area (Å²) in [5.74, 6) is 0. The largest absolute Gasteiger partial charge is 0.398 e. The molecule has 0 aromatic heterocycles. The first kappa shape index (κ1) is 8.90. The molecule has 0 saturated heterocycles. The van der Waals surface area contributed by atoms with E-state index in [9.17, 15) is 0 Å². The van der Waals surface area contributed by atoms with Crippen molar-refractivity contribution in [3.8, 4) is 0 Å². The molecule has 0 radical (unpaired) electrons. The molecule has 0 aliphatic carbocycles. The van der Waals surface area contributed by atoms with Crippen LogP contribution in [0, 0.1) is 0 Å². The van der Waals surface area contributed by atoms with Crippen molar-refractivity contribution in [3.05, 3.63) is 22.7 Å². The lowest BCUT2D eigenvalue weighted by atomic mass is 10.3. The minimum Gasteiger partial charge on any atom is -0.398 e. The summed E-state index contributed by atoms with van der Waals surface area (Å²) >= 11 is 4.91. The van der Waals surface area contributed by atoms with Crippen LogP contribution in [-0.4, -0.2) is 7.05 Å². The van der Waals surface area contributed by atoms with Crippen LogP contribution in [0.15, 0.2) is 27.6 Å². The monoisotopic (exact) mass is 232 g/mol. The molecule has 0 aliphatic heterocycles. The summed E-state index contributed by atoms with van der Waals surface area (Å²) in [4.78, 5) is 1.15. The summed E-state index contributed by atoms with van der Waals surface area (Å²) in [6.07, 6.45) is 0. The molecule has 0 unspecified atom stereocenters. The Bertz CT molecular complexity index is 252. The third-order valence-electron chi connectivity index (χ3n) is 1.19. The van der Waals surface area contributed by atoms with Gasteiger partial charge in [0.25, 0.3) is 0 Å². The van der Waals surface area contributed by atoms with Crippen LogP contribution in [0.4, 0.5) is 5.69 Å². The van der Waals surface area contributed by atoms with Crippen LogP contribution in [0.1, 0.15) is 0 Å². The number of halogens is 1. The molecule has 2 nitrogen and oxygen atoms in total. The molecule has 60 valence electrons. The van der Waals surface area contributed by atoms with Crippen LogP contribution in [-0.2, 0) is 0 Å². The summed E-state index contributed by atoms with van der Waals surface area (Å²) < 4.78 is 3.93. The van der Waals surface area contributed by atoms with Gasteiger partial charge >= 0.3 is 0 Å². The molecular formula is C7H9BrN2S. The highest BCUT2D eigenvalue weighted by molar-refractivity contribution is 9.10. The number of anilines is 1. The first-order chi connectivity index (χ1) is 5.24. The van der Waals surface area contributed by atoms with Gasteiger partial charge in [-0.05, 0) is 53.1 Å². The second-order valence-electron chi connectivity index (χ2n) is 1.99. The van der Waals surface area contributed by atoms with Crippen molar-refractivity contribution in [1.82, 2.24) is 4.72 Å². The number of hydrogen-bond donors (Lipinski definition) is 2. The molecule has 0 amide bonds. The lowest BCUT2D eigenvalue weighted by Crippen LogP contribution is -1.91. The van der Waals surface area contributed by atoms with E-state index >= 15 is 0 Å². The van der Waals surface area contributed by atoms with Crippen LogP contribution in [0.3, 0.4) is 0 Å². The molecule has 0 fully saturated rings. The normalized spacial score (nSPS) is 10.0. The Morgan fingerprint density at radius 2 is 2.27 bits per heavy atom. The van der Waals surface area contributed by atoms with E-state index in [0.717, 1.165) is 15.1 Å².